The van der Waals surface area contributed by atoms with Crippen molar-refractivity contribution in [3.8, 4) is 0 Å². The third kappa shape index (κ3) is 3.48. The van der Waals surface area contributed by atoms with Gasteiger partial charge in [-0.1, -0.05) is 0 Å². The van der Waals surface area contributed by atoms with E-state index in [4.69, 9.17) is 4.74 Å². The normalized spacial score (nSPS) is 17.4. The first-order chi connectivity index (χ1) is 11.7. The molecule has 0 aliphatic carbocycles. The first kappa shape index (κ1) is 16.6. The van der Waals surface area contributed by atoms with Crippen LogP contribution in [0.25, 0.3) is 10.9 Å². The summed E-state index contributed by atoms with van der Waals surface area (Å²) in [4.78, 5) is 23.2. The molecule has 1 aromatic heterocycles. The third-order valence-corrected chi connectivity index (χ3v) is 4.36. The molecule has 2 aromatic rings. The van der Waals surface area contributed by atoms with Crippen LogP contribution in [-0.2, 0) is 4.74 Å². The molecule has 0 unspecified atom stereocenters. The summed E-state index contributed by atoms with van der Waals surface area (Å²) in [6, 6.07) is 5.65. The predicted molar refractivity (Wildman–Crippen MR) is 94.2 cm³/mol. The predicted octanol–water partition coefficient (Wildman–Crippen LogP) is 2.56. The zero-order valence-corrected chi connectivity index (χ0v) is 14.3. The molecule has 0 saturated carbocycles. The molecular weight excluding hydrogens is 304 g/mol. The van der Waals surface area contributed by atoms with Crippen molar-refractivity contribution in [1.82, 2.24) is 14.9 Å². The molecule has 1 amide bonds. The first-order valence-corrected chi connectivity index (χ1v) is 8.58. The number of hydrogen-bond donors (Lipinski definition) is 1. The molecule has 2 heterocycles. The minimum Gasteiger partial charge on any atom is -0.381 e. The fourth-order valence-electron chi connectivity index (χ4n) is 3.12. The number of likely N-dealkylation sites (tertiary alicyclic amines) is 1. The van der Waals surface area contributed by atoms with Crippen molar-refractivity contribution in [3.63, 3.8) is 0 Å². The number of fused-ring (bicyclic) bond motifs is 1. The summed E-state index contributed by atoms with van der Waals surface area (Å²) in [5, 5.41) is 4.16. The molecule has 128 valence electrons. The molecule has 6 heteroatoms. The maximum absolute atomic E-state index is 12.7. The molecule has 24 heavy (non-hydrogen) atoms. The minimum absolute atomic E-state index is 0.0690. The Labute approximate surface area is 142 Å². The number of rotatable bonds is 6. The fraction of sp³-hybridized carbons (Fsp3) is 0.500. The molecule has 3 rings (SSSR count). The number of nitrogens with one attached hydrogen (secondary N) is 1. The number of amides is 1. The van der Waals surface area contributed by atoms with Gasteiger partial charge in [-0.05, 0) is 38.5 Å². The van der Waals surface area contributed by atoms with Gasteiger partial charge in [-0.15, -0.1) is 0 Å². The fourth-order valence-corrected chi connectivity index (χ4v) is 3.12. The Morgan fingerprint density at radius 2 is 2.25 bits per heavy atom. The molecule has 1 aliphatic rings. The number of benzene rings is 1. The highest BCUT2D eigenvalue weighted by atomic mass is 16.5. The lowest BCUT2D eigenvalue weighted by Gasteiger charge is -2.17. The van der Waals surface area contributed by atoms with E-state index in [-0.39, 0.29) is 5.91 Å². The van der Waals surface area contributed by atoms with Gasteiger partial charge in [-0.2, -0.15) is 0 Å². The second kappa shape index (κ2) is 7.57. The van der Waals surface area contributed by atoms with Crippen LogP contribution in [0.5, 0.6) is 0 Å². The van der Waals surface area contributed by atoms with E-state index in [9.17, 15) is 4.79 Å². The largest absolute Gasteiger partial charge is 0.381 e. The van der Waals surface area contributed by atoms with E-state index >= 15 is 0 Å². The molecule has 0 bridgehead atoms. The molecule has 0 spiro atoms. The quantitative estimate of drug-likeness (QED) is 0.883. The van der Waals surface area contributed by atoms with Crippen molar-refractivity contribution in [2.75, 3.05) is 38.2 Å². The van der Waals surface area contributed by atoms with Gasteiger partial charge < -0.3 is 15.0 Å². The molecule has 1 fully saturated rings. The molecule has 0 radical (unpaired) electrons. The maximum Gasteiger partial charge on any atom is 0.253 e. The number of anilines is 1. The van der Waals surface area contributed by atoms with Crippen LogP contribution in [0.4, 0.5) is 5.82 Å². The number of hydrogen-bond acceptors (Lipinski definition) is 5. The summed E-state index contributed by atoms with van der Waals surface area (Å²) in [5.41, 5.74) is 1.47. The maximum atomic E-state index is 12.7. The highest BCUT2D eigenvalue weighted by molar-refractivity contribution is 5.99. The van der Waals surface area contributed by atoms with E-state index < -0.39 is 0 Å². The number of ether oxygens (including phenoxy) is 1. The SMILES string of the molecule is CCNc1ncnc2cc(C(=O)N3CC[C@@H](COCC)C3)ccc12. The highest BCUT2D eigenvalue weighted by Gasteiger charge is 2.27. The average Bonchev–Trinajstić information content (AvgIpc) is 3.08. The molecule has 1 aliphatic heterocycles. The lowest BCUT2D eigenvalue weighted by atomic mass is 10.1. The van der Waals surface area contributed by atoms with Crippen LogP contribution in [0, 0.1) is 5.92 Å². The van der Waals surface area contributed by atoms with E-state index in [0.717, 1.165) is 56.0 Å². The Bertz CT molecular complexity index is 719. The number of aromatic nitrogens is 2. The van der Waals surface area contributed by atoms with Crippen molar-refractivity contribution in [2.24, 2.45) is 5.92 Å². The molecular formula is C18H24N4O2. The van der Waals surface area contributed by atoms with E-state index in [0.29, 0.717) is 11.5 Å². The Kier molecular flexibility index (Phi) is 5.25. The summed E-state index contributed by atoms with van der Waals surface area (Å²) in [5.74, 6) is 1.32. The summed E-state index contributed by atoms with van der Waals surface area (Å²) < 4.78 is 5.48. The molecule has 1 aromatic carbocycles. The van der Waals surface area contributed by atoms with Crippen LogP contribution in [-0.4, -0.2) is 53.6 Å². The Morgan fingerprint density at radius 1 is 1.38 bits per heavy atom. The van der Waals surface area contributed by atoms with Gasteiger partial charge in [0.15, 0.2) is 0 Å². The van der Waals surface area contributed by atoms with E-state index in [1.165, 1.54) is 6.33 Å². The first-order valence-electron chi connectivity index (χ1n) is 8.58. The minimum atomic E-state index is 0.0690. The molecule has 6 nitrogen and oxygen atoms in total. The summed E-state index contributed by atoms with van der Waals surface area (Å²) in [6.45, 7) is 7.83. The monoisotopic (exact) mass is 328 g/mol. The molecule has 1 saturated heterocycles. The van der Waals surface area contributed by atoms with Crippen molar-refractivity contribution >= 4 is 22.6 Å². The number of nitrogens with zero attached hydrogens (tertiary/aromatic N) is 3. The molecule has 1 atom stereocenters. The van der Waals surface area contributed by atoms with Crippen LogP contribution >= 0.6 is 0 Å². The summed E-state index contributed by atoms with van der Waals surface area (Å²) in [6.07, 6.45) is 2.54. The second-order valence-electron chi connectivity index (χ2n) is 6.05. The zero-order valence-electron chi connectivity index (χ0n) is 14.3. The standard InChI is InChI=1S/C18H24N4O2/c1-3-19-17-15-6-5-14(9-16(15)20-12-21-17)18(23)22-8-7-13(10-22)11-24-4-2/h5-6,9,12-13H,3-4,7-8,10-11H2,1-2H3,(H,19,20,21)/t13-/m1/s1. The summed E-state index contributed by atoms with van der Waals surface area (Å²) >= 11 is 0. The van der Waals surface area contributed by atoms with Crippen molar-refractivity contribution < 1.29 is 9.53 Å². The van der Waals surface area contributed by atoms with Crippen molar-refractivity contribution in [2.45, 2.75) is 20.3 Å². The lowest BCUT2D eigenvalue weighted by molar-refractivity contribution is 0.0763. The molecule has 1 N–H and O–H groups in total. The number of carbonyl (C=O) groups excluding carboxylic acids is 1. The van der Waals surface area contributed by atoms with Crippen molar-refractivity contribution in [1.29, 1.82) is 0 Å². The highest BCUT2D eigenvalue weighted by Crippen LogP contribution is 2.23. The third-order valence-electron chi connectivity index (χ3n) is 4.36. The van der Waals surface area contributed by atoms with Gasteiger partial charge in [0.1, 0.15) is 12.1 Å². The van der Waals surface area contributed by atoms with Crippen molar-refractivity contribution in [3.05, 3.63) is 30.1 Å². The van der Waals surface area contributed by atoms with Gasteiger partial charge >= 0.3 is 0 Å². The average molecular weight is 328 g/mol. The van der Waals surface area contributed by atoms with Crippen LogP contribution in [0.1, 0.15) is 30.6 Å². The van der Waals surface area contributed by atoms with Crippen LogP contribution in [0.3, 0.4) is 0 Å². The zero-order chi connectivity index (χ0) is 16.9. The van der Waals surface area contributed by atoms with Gasteiger partial charge in [0.25, 0.3) is 5.91 Å². The Morgan fingerprint density at radius 3 is 3.04 bits per heavy atom. The second-order valence-corrected chi connectivity index (χ2v) is 6.05. The van der Waals surface area contributed by atoms with Gasteiger partial charge in [-0.25, -0.2) is 9.97 Å². The van der Waals surface area contributed by atoms with Crippen LogP contribution in [0.2, 0.25) is 0 Å². The van der Waals surface area contributed by atoms with Gasteiger partial charge in [0, 0.05) is 43.1 Å². The van der Waals surface area contributed by atoms with Gasteiger partial charge in [0.05, 0.1) is 12.1 Å². The number of carbonyl (C=O) groups is 1. The summed E-state index contributed by atoms with van der Waals surface area (Å²) in [7, 11) is 0. The van der Waals surface area contributed by atoms with Gasteiger partial charge in [0.2, 0.25) is 0 Å². The Hall–Kier alpha value is -2.21. The van der Waals surface area contributed by atoms with E-state index in [2.05, 4.69) is 15.3 Å². The smallest absolute Gasteiger partial charge is 0.253 e. The van der Waals surface area contributed by atoms with Gasteiger partial charge in [-0.3, -0.25) is 4.79 Å². The van der Waals surface area contributed by atoms with Crippen LogP contribution < -0.4 is 5.32 Å². The Balaban J connectivity index is 1.76. The van der Waals surface area contributed by atoms with Crippen LogP contribution in [0.15, 0.2) is 24.5 Å². The topological polar surface area (TPSA) is 67.4 Å². The lowest BCUT2D eigenvalue weighted by Crippen LogP contribution is -2.29. The van der Waals surface area contributed by atoms with E-state index in [1.54, 1.807) is 0 Å². The van der Waals surface area contributed by atoms with E-state index in [1.807, 2.05) is 36.9 Å².